The molecular formula is C17H14F2N2O2. The molecule has 0 radical (unpaired) electrons. The van der Waals surface area contributed by atoms with Crippen LogP contribution in [0.4, 0.5) is 8.78 Å². The van der Waals surface area contributed by atoms with Crippen molar-refractivity contribution < 1.29 is 18.3 Å². The van der Waals surface area contributed by atoms with Gasteiger partial charge in [-0.15, -0.1) is 0 Å². The van der Waals surface area contributed by atoms with E-state index in [1.165, 1.54) is 23.1 Å². The molecule has 6 heteroatoms. The van der Waals surface area contributed by atoms with Gasteiger partial charge in [-0.2, -0.15) is 14.0 Å². The van der Waals surface area contributed by atoms with Gasteiger partial charge in [-0.1, -0.05) is 18.2 Å². The van der Waals surface area contributed by atoms with Crippen molar-refractivity contribution in [2.45, 2.75) is 13.2 Å². The van der Waals surface area contributed by atoms with Gasteiger partial charge < -0.3 is 9.64 Å². The molecule has 0 heterocycles. The Kier molecular flexibility index (Phi) is 5.26. The van der Waals surface area contributed by atoms with Crippen LogP contribution in [0.1, 0.15) is 21.5 Å². The molecule has 2 aromatic carbocycles. The van der Waals surface area contributed by atoms with E-state index in [-0.39, 0.29) is 11.7 Å². The van der Waals surface area contributed by atoms with Crippen molar-refractivity contribution in [1.82, 2.24) is 4.90 Å². The number of ether oxygens (including phenoxy) is 1. The van der Waals surface area contributed by atoms with E-state index in [9.17, 15) is 13.6 Å². The largest absolute Gasteiger partial charge is 0.435 e. The molecule has 0 atom stereocenters. The van der Waals surface area contributed by atoms with Crippen LogP contribution in [0, 0.1) is 11.3 Å². The van der Waals surface area contributed by atoms with Gasteiger partial charge in [-0.3, -0.25) is 4.79 Å². The minimum Gasteiger partial charge on any atom is -0.435 e. The second-order valence-electron chi connectivity index (χ2n) is 4.88. The molecule has 0 unspecified atom stereocenters. The van der Waals surface area contributed by atoms with Gasteiger partial charge in [0.05, 0.1) is 11.6 Å². The van der Waals surface area contributed by atoms with Gasteiger partial charge >= 0.3 is 6.61 Å². The van der Waals surface area contributed by atoms with E-state index >= 15 is 0 Å². The maximum atomic E-state index is 12.3. The number of nitriles is 1. The molecule has 4 nitrogen and oxygen atoms in total. The summed E-state index contributed by atoms with van der Waals surface area (Å²) in [5, 5.41) is 8.87. The third-order valence-corrected chi connectivity index (χ3v) is 3.15. The van der Waals surface area contributed by atoms with Gasteiger partial charge in [-0.05, 0) is 35.9 Å². The third-order valence-electron chi connectivity index (χ3n) is 3.15. The van der Waals surface area contributed by atoms with Crippen LogP contribution >= 0.6 is 0 Å². The molecular weight excluding hydrogens is 302 g/mol. The van der Waals surface area contributed by atoms with Gasteiger partial charge in [0.1, 0.15) is 5.75 Å². The highest BCUT2D eigenvalue weighted by Gasteiger charge is 2.13. The first-order chi connectivity index (χ1) is 11.0. The number of amides is 1. The molecule has 0 N–H and O–H groups in total. The molecule has 1 amide bonds. The van der Waals surface area contributed by atoms with E-state index in [0.717, 1.165) is 5.56 Å². The number of benzene rings is 2. The summed E-state index contributed by atoms with van der Waals surface area (Å²) in [6.07, 6.45) is 0. The molecule has 0 aliphatic heterocycles. The van der Waals surface area contributed by atoms with Crippen molar-refractivity contribution in [3.05, 3.63) is 65.2 Å². The summed E-state index contributed by atoms with van der Waals surface area (Å²) in [6, 6.07) is 14.5. The number of carbonyl (C=O) groups excluding carboxylic acids is 1. The van der Waals surface area contributed by atoms with Crippen LogP contribution in [0.5, 0.6) is 5.75 Å². The Morgan fingerprint density at radius 1 is 1.26 bits per heavy atom. The predicted molar refractivity (Wildman–Crippen MR) is 80.0 cm³/mol. The van der Waals surface area contributed by atoms with Crippen molar-refractivity contribution in [1.29, 1.82) is 5.26 Å². The lowest BCUT2D eigenvalue weighted by Gasteiger charge is -2.17. The predicted octanol–water partition coefficient (Wildman–Crippen LogP) is 3.43. The Hall–Kier alpha value is -2.94. The van der Waals surface area contributed by atoms with E-state index in [0.29, 0.717) is 17.7 Å². The lowest BCUT2D eigenvalue weighted by molar-refractivity contribution is -0.0498. The summed E-state index contributed by atoms with van der Waals surface area (Å²) in [4.78, 5) is 13.8. The zero-order chi connectivity index (χ0) is 16.8. The van der Waals surface area contributed by atoms with Crippen molar-refractivity contribution in [3.8, 4) is 11.8 Å². The number of halogens is 2. The summed E-state index contributed by atoms with van der Waals surface area (Å²) in [6.45, 7) is -2.55. The van der Waals surface area contributed by atoms with Crippen LogP contribution in [0.3, 0.4) is 0 Å². The summed E-state index contributed by atoms with van der Waals surface area (Å²) < 4.78 is 28.4. The first kappa shape index (κ1) is 16.4. The number of hydrogen-bond acceptors (Lipinski definition) is 3. The van der Waals surface area contributed by atoms with E-state index in [1.54, 1.807) is 37.4 Å². The average Bonchev–Trinajstić information content (AvgIpc) is 2.55. The normalized spacial score (nSPS) is 10.2. The molecule has 0 saturated heterocycles. The molecule has 0 aromatic heterocycles. The van der Waals surface area contributed by atoms with Crippen LogP contribution in [0.2, 0.25) is 0 Å². The van der Waals surface area contributed by atoms with Crippen molar-refractivity contribution in [3.63, 3.8) is 0 Å². The molecule has 2 rings (SSSR count). The van der Waals surface area contributed by atoms with Gasteiger partial charge in [0.15, 0.2) is 0 Å². The lowest BCUT2D eigenvalue weighted by atomic mass is 10.1. The quantitative estimate of drug-likeness (QED) is 0.849. The standard InChI is InChI=1S/C17H14F2N2O2/c1-21(16(22)14-4-2-3-13(9-14)10-20)11-12-5-7-15(8-6-12)23-17(18)19/h2-9,17H,11H2,1H3. The van der Waals surface area contributed by atoms with Crippen molar-refractivity contribution in [2.75, 3.05) is 7.05 Å². The van der Waals surface area contributed by atoms with Gasteiger partial charge in [0.2, 0.25) is 0 Å². The molecule has 2 aromatic rings. The van der Waals surface area contributed by atoms with Gasteiger partial charge in [-0.25, -0.2) is 0 Å². The Bertz CT molecular complexity index is 724. The Balaban J connectivity index is 2.04. The van der Waals surface area contributed by atoms with Gasteiger partial charge in [0, 0.05) is 19.2 Å². The number of hydrogen-bond donors (Lipinski definition) is 0. The second-order valence-corrected chi connectivity index (χ2v) is 4.88. The molecule has 0 saturated carbocycles. The fourth-order valence-electron chi connectivity index (χ4n) is 2.06. The summed E-state index contributed by atoms with van der Waals surface area (Å²) in [7, 11) is 1.63. The zero-order valence-corrected chi connectivity index (χ0v) is 12.4. The average molecular weight is 316 g/mol. The molecule has 23 heavy (non-hydrogen) atoms. The van der Waals surface area contributed by atoms with Crippen molar-refractivity contribution >= 4 is 5.91 Å². The molecule has 0 aliphatic rings. The monoisotopic (exact) mass is 316 g/mol. The molecule has 0 aliphatic carbocycles. The number of rotatable bonds is 5. The fraction of sp³-hybridized carbons (Fsp3) is 0.176. The SMILES string of the molecule is CN(Cc1ccc(OC(F)F)cc1)C(=O)c1cccc(C#N)c1. The Morgan fingerprint density at radius 2 is 1.96 bits per heavy atom. The van der Waals surface area contributed by atoms with E-state index in [1.807, 2.05) is 6.07 Å². The summed E-state index contributed by atoms with van der Waals surface area (Å²) in [5.41, 5.74) is 1.61. The smallest absolute Gasteiger partial charge is 0.387 e. The highest BCUT2D eigenvalue weighted by Crippen LogP contribution is 2.16. The van der Waals surface area contributed by atoms with E-state index < -0.39 is 6.61 Å². The van der Waals surface area contributed by atoms with Crippen molar-refractivity contribution in [2.24, 2.45) is 0 Å². The summed E-state index contributed by atoms with van der Waals surface area (Å²) >= 11 is 0. The third kappa shape index (κ3) is 4.51. The molecule has 0 fully saturated rings. The van der Waals surface area contributed by atoms with Crippen LogP contribution < -0.4 is 4.74 Å². The number of nitrogens with zero attached hydrogens (tertiary/aromatic N) is 2. The van der Waals surface area contributed by atoms with Crippen LogP contribution in [-0.4, -0.2) is 24.5 Å². The molecule has 0 bridgehead atoms. The maximum Gasteiger partial charge on any atom is 0.387 e. The minimum atomic E-state index is -2.86. The van der Waals surface area contributed by atoms with E-state index in [4.69, 9.17) is 5.26 Å². The first-order valence-electron chi connectivity index (χ1n) is 6.79. The minimum absolute atomic E-state index is 0.0689. The maximum absolute atomic E-state index is 12.3. The topological polar surface area (TPSA) is 53.3 Å². The second kappa shape index (κ2) is 7.36. The Morgan fingerprint density at radius 3 is 2.57 bits per heavy atom. The molecule has 118 valence electrons. The highest BCUT2D eigenvalue weighted by atomic mass is 19.3. The van der Waals surface area contributed by atoms with Gasteiger partial charge in [0.25, 0.3) is 5.91 Å². The molecule has 0 spiro atoms. The summed E-state index contributed by atoms with van der Waals surface area (Å²) in [5.74, 6) is -0.158. The van der Waals surface area contributed by atoms with E-state index in [2.05, 4.69) is 4.74 Å². The fourth-order valence-corrected chi connectivity index (χ4v) is 2.06. The van der Waals surface area contributed by atoms with Crippen LogP contribution in [-0.2, 0) is 6.54 Å². The zero-order valence-electron chi connectivity index (χ0n) is 12.4. The Labute approximate surface area is 132 Å². The number of alkyl halides is 2. The number of carbonyl (C=O) groups is 1. The highest BCUT2D eigenvalue weighted by molar-refractivity contribution is 5.94. The first-order valence-corrected chi connectivity index (χ1v) is 6.79. The van der Waals surface area contributed by atoms with Crippen LogP contribution in [0.15, 0.2) is 48.5 Å². The lowest BCUT2D eigenvalue weighted by Crippen LogP contribution is -2.26. The van der Waals surface area contributed by atoms with Crippen LogP contribution in [0.25, 0.3) is 0 Å².